The molecule has 0 N–H and O–H groups in total. The number of nitrogens with zero attached hydrogens (tertiary/aromatic N) is 2. The average Bonchev–Trinajstić information content (AvgIpc) is 2.98. The topological polar surface area (TPSA) is 6.48 Å². The summed E-state index contributed by atoms with van der Waals surface area (Å²) in [7, 11) is 4.42. The summed E-state index contributed by atoms with van der Waals surface area (Å²) in [6, 6.07) is 0. The summed E-state index contributed by atoms with van der Waals surface area (Å²) in [5, 5.41) is 0. The number of likely N-dealkylation sites (tertiary alicyclic amines) is 1. The molecule has 1 saturated heterocycles. The zero-order chi connectivity index (χ0) is 15.1. The molecule has 4 atom stereocenters. The third-order valence-electron chi connectivity index (χ3n) is 7.12. The molecule has 0 aromatic heterocycles. The van der Waals surface area contributed by atoms with Crippen LogP contribution >= 0.6 is 0 Å². The molecule has 2 saturated carbocycles. The molecule has 0 aromatic carbocycles. The highest BCUT2D eigenvalue weighted by atomic mass is 15.2. The van der Waals surface area contributed by atoms with Gasteiger partial charge in [-0.2, -0.15) is 0 Å². The van der Waals surface area contributed by atoms with Gasteiger partial charge in [0.05, 0.1) is 0 Å². The summed E-state index contributed by atoms with van der Waals surface area (Å²) in [6.07, 6.45) is 11.9. The first kappa shape index (κ1) is 15.2. The molecule has 4 rings (SSSR count). The van der Waals surface area contributed by atoms with E-state index in [0.717, 1.165) is 23.7 Å². The Bertz CT molecular complexity index is 405. The van der Waals surface area contributed by atoms with Crippen molar-refractivity contribution in [2.24, 2.45) is 23.7 Å². The molecular weight excluding hydrogens is 268 g/mol. The average molecular weight is 303 g/mol. The highest BCUT2D eigenvalue weighted by Gasteiger charge is 2.48. The Labute approximate surface area is 136 Å². The van der Waals surface area contributed by atoms with Crippen LogP contribution in [-0.2, 0) is 0 Å². The van der Waals surface area contributed by atoms with Crippen molar-refractivity contribution in [3.63, 3.8) is 0 Å². The van der Waals surface area contributed by atoms with Crippen molar-refractivity contribution in [2.45, 2.75) is 51.4 Å². The molecule has 1 heterocycles. The van der Waals surface area contributed by atoms with Crippen LogP contribution in [0.25, 0.3) is 0 Å². The number of fused-ring (bicyclic) bond motifs is 5. The fourth-order valence-corrected chi connectivity index (χ4v) is 6.14. The molecule has 0 aromatic rings. The second-order valence-corrected chi connectivity index (χ2v) is 8.65. The van der Waals surface area contributed by atoms with Crippen LogP contribution in [0.1, 0.15) is 51.4 Å². The van der Waals surface area contributed by atoms with Gasteiger partial charge in [0.2, 0.25) is 0 Å². The third kappa shape index (κ3) is 2.67. The molecule has 0 amide bonds. The number of hydrogen-bond donors (Lipinski definition) is 0. The summed E-state index contributed by atoms with van der Waals surface area (Å²) < 4.78 is 0. The van der Waals surface area contributed by atoms with E-state index in [0.29, 0.717) is 0 Å². The summed E-state index contributed by atoms with van der Waals surface area (Å²) in [4.78, 5) is 5.15. The highest BCUT2D eigenvalue weighted by Crippen LogP contribution is 2.54. The van der Waals surface area contributed by atoms with Crippen molar-refractivity contribution in [3.8, 4) is 0 Å². The second-order valence-electron chi connectivity index (χ2n) is 8.65. The Hall–Kier alpha value is -0.340. The lowest BCUT2D eigenvalue weighted by Crippen LogP contribution is -2.38. The zero-order valence-electron chi connectivity index (χ0n) is 14.7. The maximum absolute atomic E-state index is 2.80. The number of rotatable bonds is 3. The van der Waals surface area contributed by atoms with Crippen LogP contribution in [0, 0.1) is 23.7 Å². The molecule has 4 unspecified atom stereocenters. The SMILES string of the molecule is CN(C)CCN1CC2C3CCCCC3=C3CCCCC3C2C1. The molecule has 3 aliphatic carbocycles. The molecule has 2 heteroatoms. The van der Waals surface area contributed by atoms with E-state index in [1.807, 2.05) is 11.1 Å². The number of likely N-dealkylation sites (N-methyl/N-ethyl adjacent to an activating group) is 1. The van der Waals surface area contributed by atoms with Gasteiger partial charge in [-0.25, -0.2) is 0 Å². The van der Waals surface area contributed by atoms with Crippen molar-refractivity contribution >= 4 is 0 Å². The number of allylic oxidation sites excluding steroid dienone is 2. The Kier molecular flexibility index (Phi) is 4.34. The molecular formula is C20H34N2. The lowest BCUT2D eigenvalue weighted by Gasteiger charge is -2.46. The quantitative estimate of drug-likeness (QED) is 0.732. The van der Waals surface area contributed by atoms with Gasteiger partial charge >= 0.3 is 0 Å². The van der Waals surface area contributed by atoms with Crippen LogP contribution in [0.15, 0.2) is 11.1 Å². The normalized spacial score (nSPS) is 38.9. The minimum absolute atomic E-state index is 0.979. The maximum atomic E-state index is 2.80. The monoisotopic (exact) mass is 302 g/mol. The second kappa shape index (κ2) is 6.28. The van der Waals surface area contributed by atoms with Crippen molar-refractivity contribution in [1.82, 2.24) is 9.80 Å². The lowest BCUT2D eigenvalue weighted by atomic mass is 9.58. The maximum Gasteiger partial charge on any atom is 0.0109 e. The van der Waals surface area contributed by atoms with Crippen molar-refractivity contribution in [1.29, 1.82) is 0 Å². The molecule has 22 heavy (non-hydrogen) atoms. The van der Waals surface area contributed by atoms with Gasteiger partial charge in [-0.15, -0.1) is 0 Å². The van der Waals surface area contributed by atoms with E-state index in [9.17, 15) is 0 Å². The summed E-state index contributed by atoms with van der Waals surface area (Å²) in [6.45, 7) is 5.30. The molecule has 3 fully saturated rings. The van der Waals surface area contributed by atoms with Crippen LogP contribution in [0.2, 0.25) is 0 Å². The van der Waals surface area contributed by atoms with E-state index in [1.54, 1.807) is 0 Å². The van der Waals surface area contributed by atoms with Gasteiger partial charge in [0.1, 0.15) is 0 Å². The van der Waals surface area contributed by atoms with Gasteiger partial charge in [0.25, 0.3) is 0 Å². The van der Waals surface area contributed by atoms with Crippen LogP contribution in [0.4, 0.5) is 0 Å². The van der Waals surface area contributed by atoms with E-state index >= 15 is 0 Å². The highest BCUT2D eigenvalue weighted by molar-refractivity contribution is 5.29. The van der Waals surface area contributed by atoms with Gasteiger partial charge in [0.15, 0.2) is 0 Å². The largest absolute Gasteiger partial charge is 0.308 e. The van der Waals surface area contributed by atoms with Crippen LogP contribution < -0.4 is 0 Å². The van der Waals surface area contributed by atoms with E-state index in [2.05, 4.69) is 23.9 Å². The molecule has 4 aliphatic rings. The lowest BCUT2D eigenvalue weighted by molar-refractivity contribution is 0.174. The molecule has 124 valence electrons. The predicted octanol–water partition coefficient (Wildman–Crippen LogP) is 3.79. The first-order valence-electron chi connectivity index (χ1n) is 9.83. The molecule has 0 radical (unpaired) electrons. The first-order valence-corrected chi connectivity index (χ1v) is 9.83. The minimum Gasteiger partial charge on any atom is -0.308 e. The zero-order valence-corrected chi connectivity index (χ0v) is 14.7. The molecule has 0 bridgehead atoms. The Balaban J connectivity index is 1.55. The standard InChI is InChI=1S/C20H34N2/c1-21(2)11-12-22-13-19-17-9-5-3-7-15(17)16-8-4-6-10-18(16)20(19)14-22/h17-20H,3-14H2,1-2H3. The Morgan fingerprint density at radius 1 is 0.864 bits per heavy atom. The van der Waals surface area contributed by atoms with Crippen LogP contribution in [0.3, 0.4) is 0 Å². The third-order valence-corrected chi connectivity index (χ3v) is 7.12. The van der Waals surface area contributed by atoms with Crippen molar-refractivity contribution in [3.05, 3.63) is 11.1 Å². The summed E-state index contributed by atoms with van der Waals surface area (Å²) >= 11 is 0. The predicted molar refractivity (Wildman–Crippen MR) is 92.9 cm³/mol. The van der Waals surface area contributed by atoms with Crippen LogP contribution in [-0.4, -0.2) is 50.1 Å². The van der Waals surface area contributed by atoms with E-state index in [1.165, 1.54) is 77.5 Å². The summed E-state index contributed by atoms with van der Waals surface area (Å²) in [5.74, 6) is 3.97. The fraction of sp³-hybridized carbons (Fsp3) is 0.900. The Morgan fingerprint density at radius 3 is 1.91 bits per heavy atom. The minimum atomic E-state index is 0.979. The first-order chi connectivity index (χ1) is 10.7. The fourth-order valence-electron chi connectivity index (χ4n) is 6.14. The summed E-state index contributed by atoms with van der Waals surface area (Å²) in [5.41, 5.74) is 3.96. The van der Waals surface area contributed by atoms with Gasteiger partial charge in [-0.1, -0.05) is 24.0 Å². The number of hydrogen-bond acceptors (Lipinski definition) is 2. The van der Waals surface area contributed by atoms with Gasteiger partial charge in [-0.05, 0) is 76.3 Å². The van der Waals surface area contributed by atoms with E-state index in [4.69, 9.17) is 0 Å². The van der Waals surface area contributed by atoms with Gasteiger partial charge < -0.3 is 9.80 Å². The molecule has 1 aliphatic heterocycles. The van der Waals surface area contributed by atoms with Gasteiger partial charge in [-0.3, -0.25) is 0 Å². The molecule has 0 spiro atoms. The van der Waals surface area contributed by atoms with E-state index < -0.39 is 0 Å². The van der Waals surface area contributed by atoms with E-state index in [-0.39, 0.29) is 0 Å². The van der Waals surface area contributed by atoms with Crippen molar-refractivity contribution < 1.29 is 0 Å². The van der Waals surface area contributed by atoms with Crippen molar-refractivity contribution in [2.75, 3.05) is 40.3 Å². The Morgan fingerprint density at radius 2 is 1.41 bits per heavy atom. The smallest absolute Gasteiger partial charge is 0.0109 e. The van der Waals surface area contributed by atoms with Gasteiger partial charge in [0, 0.05) is 26.2 Å². The molecule has 2 nitrogen and oxygen atoms in total. The van der Waals surface area contributed by atoms with Crippen LogP contribution in [0.5, 0.6) is 0 Å².